The molecule has 0 bridgehead atoms. The third kappa shape index (κ3) is 3.04. The molecule has 0 aliphatic heterocycles. The largest absolute Gasteiger partial charge is 0.497 e. The van der Waals surface area contributed by atoms with Crippen LogP contribution in [0.5, 0.6) is 5.75 Å². The molecule has 2 nitrogen and oxygen atoms in total. The van der Waals surface area contributed by atoms with Crippen molar-refractivity contribution in [2.45, 2.75) is 32.3 Å². The Kier molecular flexibility index (Phi) is 3.53. The van der Waals surface area contributed by atoms with Gasteiger partial charge in [-0.05, 0) is 31.0 Å². The number of hydrogen-bond acceptors (Lipinski definition) is 2. The van der Waals surface area contributed by atoms with Crippen LogP contribution in [-0.4, -0.2) is 17.8 Å². The zero-order valence-electron chi connectivity index (χ0n) is 9.08. The summed E-state index contributed by atoms with van der Waals surface area (Å²) in [5, 5.41) is 9.90. The highest BCUT2D eigenvalue weighted by atomic mass is 16.5. The van der Waals surface area contributed by atoms with Crippen molar-refractivity contribution in [3.05, 3.63) is 29.8 Å². The number of methoxy groups -OCH3 is 1. The summed E-state index contributed by atoms with van der Waals surface area (Å²) in [7, 11) is 1.65. The Labute approximate surface area is 85.5 Å². The highest BCUT2D eigenvalue weighted by Crippen LogP contribution is 2.19. The maximum absolute atomic E-state index is 9.90. The Hall–Kier alpha value is -1.02. The van der Waals surface area contributed by atoms with Crippen LogP contribution in [0.3, 0.4) is 0 Å². The lowest BCUT2D eigenvalue weighted by molar-refractivity contribution is 0.0564. The zero-order valence-corrected chi connectivity index (χ0v) is 9.08. The molecule has 0 radical (unpaired) electrons. The van der Waals surface area contributed by atoms with Gasteiger partial charge in [0, 0.05) is 6.42 Å². The van der Waals surface area contributed by atoms with Crippen LogP contribution < -0.4 is 4.74 Å². The van der Waals surface area contributed by atoms with E-state index in [-0.39, 0.29) is 0 Å². The fraction of sp³-hybridized carbons (Fsp3) is 0.500. The molecule has 1 unspecified atom stereocenters. The van der Waals surface area contributed by atoms with Gasteiger partial charge in [0.25, 0.3) is 0 Å². The van der Waals surface area contributed by atoms with Crippen LogP contribution in [0.2, 0.25) is 0 Å². The smallest absolute Gasteiger partial charge is 0.119 e. The van der Waals surface area contributed by atoms with Crippen LogP contribution in [0.4, 0.5) is 0 Å². The maximum Gasteiger partial charge on any atom is 0.119 e. The number of ether oxygens (including phenoxy) is 1. The quantitative estimate of drug-likeness (QED) is 0.797. The van der Waals surface area contributed by atoms with Gasteiger partial charge >= 0.3 is 0 Å². The monoisotopic (exact) mass is 194 g/mol. The van der Waals surface area contributed by atoms with E-state index in [4.69, 9.17) is 4.74 Å². The van der Waals surface area contributed by atoms with Gasteiger partial charge in [-0.15, -0.1) is 0 Å². The van der Waals surface area contributed by atoms with Crippen LogP contribution in [0.25, 0.3) is 0 Å². The summed E-state index contributed by atoms with van der Waals surface area (Å²) in [6, 6.07) is 7.82. The van der Waals surface area contributed by atoms with Crippen LogP contribution >= 0.6 is 0 Å². The molecule has 1 aromatic rings. The molecule has 0 saturated heterocycles. The van der Waals surface area contributed by atoms with Gasteiger partial charge < -0.3 is 9.84 Å². The van der Waals surface area contributed by atoms with E-state index in [1.165, 1.54) is 0 Å². The molecule has 0 aromatic heterocycles. The predicted octanol–water partition coefficient (Wildman–Crippen LogP) is 2.40. The minimum Gasteiger partial charge on any atom is -0.497 e. The number of benzene rings is 1. The third-order valence-electron chi connectivity index (χ3n) is 2.48. The van der Waals surface area contributed by atoms with Crippen molar-refractivity contribution in [2.75, 3.05) is 7.11 Å². The summed E-state index contributed by atoms with van der Waals surface area (Å²) < 4.78 is 5.12. The molecule has 0 aliphatic rings. The molecule has 14 heavy (non-hydrogen) atoms. The Morgan fingerprint density at radius 2 is 2.14 bits per heavy atom. The molecule has 1 rings (SSSR count). The Bertz CT molecular complexity index is 292. The summed E-state index contributed by atoms with van der Waals surface area (Å²) in [6.07, 6.45) is 1.42. The SMILES string of the molecule is CCC(C)(O)Cc1cccc(OC)c1. The molecule has 0 amide bonds. The van der Waals surface area contributed by atoms with E-state index in [1.54, 1.807) is 7.11 Å². The maximum atomic E-state index is 9.90. The minimum absolute atomic E-state index is 0.619. The fourth-order valence-electron chi connectivity index (χ4n) is 1.35. The molecule has 1 N–H and O–H groups in total. The molecule has 1 aromatic carbocycles. The Morgan fingerprint density at radius 3 is 2.71 bits per heavy atom. The first kappa shape index (κ1) is 11.1. The summed E-state index contributed by atoms with van der Waals surface area (Å²) >= 11 is 0. The van der Waals surface area contributed by atoms with E-state index in [0.717, 1.165) is 17.7 Å². The standard InChI is InChI=1S/C12H18O2/c1-4-12(2,13)9-10-6-5-7-11(8-10)14-3/h5-8,13H,4,9H2,1-3H3. The third-order valence-corrected chi connectivity index (χ3v) is 2.48. The van der Waals surface area contributed by atoms with E-state index in [9.17, 15) is 5.11 Å². The van der Waals surface area contributed by atoms with E-state index < -0.39 is 5.60 Å². The lowest BCUT2D eigenvalue weighted by Gasteiger charge is -2.21. The second-order valence-corrected chi connectivity index (χ2v) is 3.88. The van der Waals surface area contributed by atoms with Crippen LogP contribution in [0.1, 0.15) is 25.8 Å². The van der Waals surface area contributed by atoms with Gasteiger partial charge in [0.1, 0.15) is 5.75 Å². The molecule has 2 heteroatoms. The molecule has 0 aliphatic carbocycles. The fourth-order valence-corrected chi connectivity index (χ4v) is 1.35. The van der Waals surface area contributed by atoms with Crippen molar-refractivity contribution in [1.82, 2.24) is 0 Å². The molecule has 1 atom stereocenters. The highest BCUT2D eigenvalue weighted by Gasteiger charge is 2.17. The zero-order chi connectivity index (χ0) is 10.6. The number of aliphatic hydroxyl groups is 1. The van der Waals surface area contributed by atoms with Gasteiger partial charge in [-0.1, -0.05) is 19.1 Å². The Morgan fingerprint density at radius 1 is 1.43 bits per heavy atom. The van der Waals surface area contributed by atoms with Crippen molar-refractivity contribution in [1.29, 1.82) is 0 Å². The van der Waals surface area contributed by atoms with Crippen molar-refractivity contribution in [3.63, 3.8) is 0 Å². The van der Waals surface area contributed by atoms with Crippen LogP contribution in [0, 0.1) is 0 Å². The first-order valence-corrected chi connectivity index (χ1v) is 4.93. The summed E-state index contributed by atoms with van der Waals surface area (Å²) in [5.74, 6) is 0.842. The van der Waals surface area contributed by atoms with Crippen molar-refractivity contribution in [3.8, 4) is 5.75 Å². The van der Waals surface area contributed by atoms with Crippen molar-refractivity contribution >= 4 is 0 Å². The van der Waals surface area contributed by atoms with Gasteiger partial charge in [0.2, 0.25) is 0 Å². The average Bonchev–Trinajstić information content (AvgIpc) is 2.17. The molecule has 0 saturated carbocycles. The first-order chi connectivity index (χ1) is 6.57. The first-order valence-electron chi connectivity index (χ1n) is 4.93. The number of hydrogen-bond donors (Lipinski definition) is 1. The van der Waals surface area contributed by atoms with Gasteiger partial charge in [-0.2, -0.15) is 0 Å². The molecule has 0 heterocycles. The molecule has 0 spiro atoms. The minimum atomic E-state index is -0.619. The number of rotatable bonds is 4. The van der Waals surface area contributed by atoms with E-state index in [2.05, 4.69) is 0 Å². The van der Waals surface area contributed by atoms with E-state index in [1.807, 2.05) is 38.1 Å². The molecular formula is C12H18O2. The van der Waals surface area contributed by atoms with Gasteiger partial charge in [-0.25, -0.2) is 0 Å². The molecule has 0 fully saturated rings. The second kappa shape index (κ2) is 4.47. The Balaban J connectivity index is 2.76. The van der Waals surface area contributed by atoms with Crippen molar-refractivity contribution < 1.29 is 9.84 Å². The summed E-state index contributed by atoms with van der Waals surface area (Å²) in [5.41, 5.74) is 0.489. The predicted molar refractivity (Wildman–Crippen MR) is 57.6 cm³/mol. The lowest BCUT2D eigenvalue weighted by Crippen LogP contribution is -2.25. The van der Waals surface area contributed by atoms with E-state index >= 15 is 0 Å². The second-order valence-electron chi connectivity index (χ2n) is 3.88. The summed E-state index contributed by atoms with van der Waals surface area (Å²) in [6.45, 7) is 3.84. The van der Waals surface area contributed by atoms with Gasteiger partial charge in [0.05, 0.1) is 12.7 Å². The topological polar surface area (TPSA) is 29.5 Å². The van der Waals surface area contributed by atoms with Crippen molar-refractivity contribution in [2.24, 2.45) is 0 Å². The normalized spacial score (nSPS) is 14.9. The lowest BCUT2D eigenvalue weighted by atomic mass is 9.94. The van der Waals surface area contributed by atoms with E-state index in [0.29, 0.717) is 6.42 Å². The molecule has 78 valence electrons. The van der Waals surface area contributed by atoms with Gasteiger partial charge in [-0.3, -0.25) is 0 Å². The van der Waals surface area contributed by atoms with Gasteiger partial charge in [0.15, 0.2) is 0 Å². The average molecular weight is 194 g/mol. The van der Waals surface area contributed by atoms with Crippen LogP contribution in [-0.2, 0) is 6.42 Å². The van der Waals surface area contributed by atoms with Crippen LogP contribution in [0.15, 0.2) is 24.3 Å². The molecular weight excluding hydrogens is 176 g/mol. The highest BCUT2D eigenvalue weighted by molar-refractivity contribution is 5.29. The summed E-state index contributed by atoms with van der Waals surface area (Å²) in [4.78, 5) is 0.